The molecule has 2 N–H and O–H groups in total. The second-order valence-electron chi connectivity index (χ2n) is 5.04. The summed E-state index contributed by atoms with van der Waals surface area (Å²) in [5.74, 6) is 0. The van der Waals surface area contributed by atoms with Crippen LogP contribution in [0.1, 0.15) is 53.9 Å². The lowest BCUT2D eigenvalue weighted by Gasteiger charge is -2.42. The zero-order valence-corrected chi connectivity index (χ0v) is 12.5. The van der Waals surface area contributed by atoms with E-state index in [1.54, 1.807) is 0 Å². The van der Waals surface area contributed by atoms with Gasteiger partial charge in [-0.3, -0.25) is 4.90 Å². The van der Waals surface area contributed by atoms with Crippen LogP contribution < -0.4 is 5.73 Å². The van der Waals surface area contributed by atoms with E-state index in [1.807, 2.05) is 0 Å². The van der Waals surface area contributed by atoms with Gasteiger partial charge in [-0.05, 0) is 39.7 Å². The van der Waals surface area contributed by atoms with E-state index in [2.05, 4.69) is 39.5 Å². The maximum absolute atomic E-state index is 6.01. The zero-order chi connectivity index (χ0) is 13.3. The SMILES string of the molecule is CCCN(CCOC(C)C)C(CC)(CC)CN. The molecule has 0 aromatic carbocycles. The molecule has 104 valence electrons. The molecule has 17 heavy (non-hydrogen) atoms. The van der Waals surface area contributed by atoms with Crippen LogP contribution >= 0.6 is 0 Å². The minimum absolute atomic E-state index is 0.163. The predicted molar refractivity (Wildman–Crippen MR) is 75.3 cm³/mol. The maximum atomic E-state index is 6.01. The first-order chi connectivity index (χ1) is 8.06. The molecule has 3 nitrogen and oxygen atoms in total. The molecule has 0 fully saturated rings. The summed E-state index contributed by atoms with van der Waals surface area (Å²) in [6.45, 7) is 14.5. The van der Waals surface area contributed by atoms with Crippen LogP contribution in [0.25, 0.3) is 0 Å². The molecule has 3 heteroatoms. The van der Waals surface area contributed by atoms with Crippen LogP contribution in [0.3, 0.4) is 0 Å². The molecular formula is C14H32N2O. The molecule has 0 radical (unpaired) electrons. The Hall–Kier alpha value is -0.120. The number of ether oxygens (including phenoxy) is 1. The van der Waals surface area contributed by atoms with Crippen LogP contribution in [-0.4, -0.2) is 42.8 Å². The van der Waals surface area contributed by atoms with Gasteiger partial charge in [0.25, 0.3) is 0 Å². The molecule has 0 aliphatic carbocycles. The monoisotopic (exact) mass is 244 g/mol. The zero-order valence-electron chi connectivity index (χ0n) is 12.5. The quantitative estimate of drug-likeness (QED) is 0.642. The number of nitrogens with zero attached hydrogens (tertiary/aromatic N) is 1. The highest BCUT2D eigenvalue weighted by molar-refractivity contribution is 4.89. The van der Waals surface area contributed by atoms with Gasteiger partial charge in [0, 0.05) is 18.6 Å². The number of nitrogens with two attached hydrogens (primary N) is 1. The van der Waals surface area contributed by atoms with Crippen LogP contribution in [0.5, 0.6) is 0 Å². The van der Waals surface area contributed by atoms with Gasteiger partial charge >= 0.3 is 0 Å². The van der Waals surface area contributed by atoms with Gasteiger partial charge in [0.1, 0.15) is 0 Å². The molecule has 0 rings (SSSR count). The molecular weight excluding hydrogens is 212 g/mol. The summed E-state index contributed by atoms with van der Waals surface area (Å²) in [7, 11) is 0. The van der Waals surface area contributed by atoms with Crippen molar-refractivity contribution in [1.29, 1.82) is 0 Å². The van der Waals surface area contributed by atoms with Crippen molar-refractivity contribution in [3.05, 3.63) is 0 Å². The summed E-state index contributed by atoms with van der Waals surface area (Å²) in [5, 5.41) is 0. The Bertz CT molecular complexity index is 171. The molecule has 0 aliphatic heterocycles. The molecule has 0 heterocycles. The highest BCUT2D eigenvalue weighted by Crippen LogP contribution is 2.23. The van der Waals surface area contributed by atoms with Crippen molar-refractivity contribution in [2.75, 3.05) is 26.2 Å². The average Bonchev–Trinajstić information content (AvgIpc) is 2.31. The first kappa shape index (κ1) is 16.9. The Morgan fingerprint density at radius 3 is 2.06 bits per heavy atom. The topological polar surface area (TPSA) is 38.5 Å². The summed E-state index contributed by atoms with van der Waals surface area (Å²) in [6, 6.07) is 0. The second kappa shape index (κ2) is 8.90. The fourth-order valence-corrected chi connectivity index (χ4v) is 2.37. The van der Waals surface area contributed by atoms with Crippen molar-refractivity contribution >= 4 is 0 Å². The minimum Gasteiger partial charge on any atom is -0.377 e. The molecule has 0 amide bonds. The fourth-order valence-electron chi connectivity index (χ4n) is 2.37. The van der Waals surface area contributed by atoms with Gasteiger partial charge in [-0.1, -0.05) is 20.8 Å². The Morgan fingerprint density at radius 1 is 1.12 bits per heavy atom. The smallest absolute Gasteiger partial charge is 0.0597 e. The van der Waals surface area contributed by atoms with E-state index in [1.165, 1.54) is 6.42 Å². The summed E-state index contributed by atoms with van der Waals surface area (Å²) >= 11 is 0. The molecule has 0 saturated heterocycles. The Balaban J connectivity index is 4.45. The molecule has 0 unspecified atom stereocenters. The average molecular weight is 244 g/mol. The number of hydrogen-bond acceptors (Lipinski definition) is 3. The van der Waals surface area contributed by atoms with E-state index in [0.29, 0.717) is 6.10 Å². The van der Waals surface area contributed by atoms with Gasteiger partial charge < -0.3 is 10.5 Å². The van der Waals surface area contributed by atoms with Crippen molar-refractivity contribution in [3.8, 4) is 0 Å². The lowest BCUT2D eigenvalue weighted by atomic mass is 9.90. The molecule has 0 aliphatic rings. The van der Waals surface area contributed by atoms with E-state index in [-0.39, 0.29) is 5.54 Å². The lowest BCUT2D eigenvalue weighted by molar-refractivity contribution is 0.0188. The number of hydrogen-bond donors (Lipinski definition) is 1. The third-order valence-corrected chi connectivity index (χ3v) is 3.67. The first-order valence-electron chi connectivity index (χ1n) is 7.13. The van der Waals surface area contributed by atoms with Crippen molar-refractivity contribution < 1.29 is 4.74 Å². The van der Waals surface area contributed by atoms with Crippen LogP contribution in [-0.2, 0) is 4.74 Å². The third-order valence-electron chi connectivity index (χ3n) is 3.67. The largest absolute Gasteiger partial charge is 0.377 e. The van der Waals surface area contributed by atoms with E-state index in [0.717, 1.165) is 39.1 Å². The lowest BCUT2D eigenvalue weighted by Crippen LogP contribution is -2.54. The molecule has 0 aromatic rings. The minimum atomic E-state index is 0.163. The summed E-state index contributed by atoms with van der Waals surface area (Å²) < 4.78 is 5.66. The summed E-state index contributed by atoms with van der Waals surface area (Å²) in [4.78, 5) is 2.52. The Labute approximate surface area is 108 Å². The summed E-state index contributed by atoms with van der Waals surface area (Å²) in [5.41, 5.74) is 6.17. The van der Waals surface area contributed by atoms with E-state index >= 15 is 0 Å². The highest BCUT2D eigenvalue weighted by atomic mass is 16.5. The molecule has 0 spiro atoms. The molecule has 0 saturated carbocycles. The van der Waals surface area contributed by atoms with E-state index < -0.39 is 0 Å². The summed E-state index contributed by atoms with van der Waals surface area (Å²) in [6.07, 6.45) is 3.71. The predicted octanol–water partition coefficient (Wildman–Crippen LogP) is 2.64. The third kappa shape index (κ3) is 5.36. The van der Waals surface area contributed by atoms with Gasteiger partial charge in [-0.2, -0.15) is 0 Å². The van der Waals surface area contributed by atoms with Gasteiger partial charge in [0.15, 0.2) is 0 Å². The van der Waals surface area contributed by atoms with Crippen molar-refractivity contribution in [3.63, 3.8) is 0 Å². The van der Waals surface area contributed by atoms with Crippen LogP contribution in [0, 0.1) is 0 Å². The van der Waals surface area contributed by atoms with Crippen molar-refractivity contribution in [2.45, 2.75) is 65.5 Å². The number of rotatable bonds is 10. The van der Waals surface area contributed by atoms with Crippen LogP contribution in [0.2, 0.25) is 0 Å². The van der Waals surface area contributed by atoms with Crippen LogP contribution in [0.15, 0.2) is 0 Å². The molecule has 0 aromatic heterocycles. The van der Waals surface area contributed by atoms with Gasteiger partial charge in [0.05, 0.1) is 12.7 Å². The molecule has 0 atom stereocenters. The Kier molecular flexibility index (Phi) is 8.83. The fraction of sp³-hybridized carbons (Fsp3) is 1.00. The van der Waals surface area contributed by atoms with Gasteiger partial charge in [0.2, 0.25) is 0 Å². The van der Waals surface area contributed by atoms with Gasteiger partial charge in [-0.15, -0.1) is 0 Å². The van der Waals surface area contributed by atoms with E-state index in [9.17, 15) is 0 Å². The molecule has 0 bridgehead atoms. The highest BCUT2D eigenvalue weighted by Gasteiger charge is 2.31. The van der Waals surface area contributed by atoms with Gasteiger partial charge in [-0.25, -0.2) is 0 Å². The van der Waals surface area contributed by atoms with Crippen molar-refractivity contribution in [1.82, 2.24) is 4.90 Å². The Morgan fingerprint density at radius 2 is 1.71 bits per heavy atom. The first-order valence-corrected chi connectivity index (χ1v) is 7.13. The van der Waals surface area contributed by atoms with E-state index in [4.69, 9.17) is 10.5 Å². The standard InChI is InChI=1S/C14H32N2O/c1-6-9-16(10-11-17-13(4)5)14(7-2,8-3)12-15/h13H,6-12,15H2,1-5H3. The maximum Gasteiger partial charge on any atom is 0.0597 e. The normalized spacial score (nSPS) is 12.7. The second-order valence-corrected chi connectivity index (χ2v) is 5.04. The van der Waals surface area contributed by atoms with Crippen LogP contribution in [0.4, 0.5) is 0 Å². The van der Waals surface area contributed by atoms with Crippen molar-refractivity contribution in [2.24, 2.45) is 5.73 Å².